The van der Waals surface area contributed by atoms with E-state index in [4.69, 9.17) is 16.3 Å². The van der Waals surface area contributed by atoms with E-state index >= 15 is 0 Å². The summed E-state index contributed by atoms with van der Waals surface area (Å²) in [5.41, 5.74) is 1.14. The number of anilines is 3. The second-order valence-corrected chi connectivity index (χ2v) is 14.3. The summed E-state index contributed by atoms with van der Waals surface area (Å²) in [4.78, 5) is 56.9. The molecule has 3 aromatic rings. The van der Waals surface area contributed by atoms with Crippen molar-refractivity contribution in [2.75, 3.05) is 56.5 Å². The minimum Gasteiger partial charge on any atom is -0.454 e. The fraction of sp³-hybridized carbons (Fsp3) is 0.486. The van der Waals surface area contributed by atoms with Gasteiger partial charge in [-0.2, -0.15) is 28.1 Å². The lowest BCUT2D eigenvalue weighted by molar-refractivity contribution is -0.154. The van der Waals surface area contributed by atoms with Gasteiger partial charge in [-0.25, -0.2) is 0 Å². The van der Waals surface area contributed by atoms with Crippen LogP contribution in [0.25, 0.3) is 0 Å². The van der Waals surface area contributed by atoms with Crippen LogP contribution in [0.15, 0.2) is 48.5 Å². The molecule has 1 atom stereocenters. The van der Waals surface area contributed by atoms with Gasteiger partial charge in [-0.05, 0) is 86.9 Å². The molecule has 2 aromatic carbocycles. The lowest BCUT2D eigenvalue weighted by atomic mass is 9.86. The Morgan fingerprint density at radius 1 is 0.765 bits per heavy atom. The van der Waals surface area contributed by atoms with E-state index in [0.717, 1.165) is 50.5 Å². The van der Waals surface area contributed by atoms with Gasteiger partial charge in [0.1, 0.15) is 0 Å². The number of halogens is 4. The molecule has 12 nitrogen and oxygen atoms in total. The molecule has 1 spiro atoms. The van der Waals surface area contributed by atoms with Crippen LogP contribution >= 0.6 is 11.6 Å². The first-order valence-electron chi connectivity index (χ1n) is 17.1. The average molecular weight is 727 g/mol. The van der Waals surface area contributed by atoms with Crippen molar-refractivity contribution >= 4 is 46.9 Å². The average Bonchev–Trinajstić information content (AvgIpc) is 3.59. The van der Waals surface area contributed by atoms with Gasteiger partial charge in [0.05, 0.1) is 5.54 Å². The Morgan fingerprint density at radius 2 is 1.39 bits per heavy atom. The van der Waals surface area contributed by atoms with Gasteiger partial charge in [0.15, 0.2) is 6.61 Å². The normalized spacial score (nSPS) is 21.1. The molecular formula is C35H38ClF3N8O4. The summed E-state index contributed by atoms with van der Waals surface area (Å²) in [5.74, 6) is -1.04. The third-order valence-electron chi connectivity index (χ3n) is 10.1. The smallest absolute Gasteiger partial charge is 0.422 e. The van der Waals surface area contributed by atoms with E-state index in [0.29, 0.717) is 55.5 Å². The summed E-state index contributed by atoms with van der Waals surface area (Å²) in [6.45, 7) is 1.66. The Labute approximate surface area is 297 Å². The standard InChI is InChI=1S/C35H38ClF3N8O4/c36-25-8-6-24(7-9-25)34(12-13-34)44-31-41-30(42-32(43-31)51-22-35(37,38)39)40-26-10-4-23(5-11-26)27(48)46-18-14-33(20-46)15-19-47(21-33)29(50)28(49)45-16-2-1-3-17-45/h4-11H,1-3,12-22H2,(H2,40,41,42,43,44). The first kappa shape index (κ1) is 34.8. The number of benzene rings is 2. The van der Waals surface area contributed by atoms with Gasteiger partial charge in [0, 0.05) is 61.0 Å². The van der Waals surface area contributed by atoms with Gasteiger partial charge in [-0.15, -0.1) is 0 Å². The Kier molecular flexibility index (Phi) is 9.42. The Balaban J connectivity index is 0.994. The first-order valence-corrected chi connectivity index (χ1v) is 17.5. The van der Waals surface area contributed by atoms with Gasteiger partial charge in [-0.3, -0.25) is 14.4 Å². The van der Waals surface area contributed by atoms with Gasteiger partial charge in [0.25, 0.3) is 5.91 Å². The molecule has 2 N–H and O–H groups in total. The molecule has 1 aromatic heterocycles. The van der Waals surface area contributed by atoms with Gasteiger partial charge >= 0.3 is 24.0 Å². The number of carbonyl (C=O) groups excluding carboxylic acids is 3. The zero-order chi connectivity index (χ0) is 35.8. The van der Waals surface area contributed by atoms with Crippen molar-refractivity contribution in [1.82, 2.24) is 29.7 Å². The highest BCUT2D eigenvalue weighted by atomic mass is 35.5. The molecule has 0 radical (unpaired) electrons. The number of hydrogen-bond acceptors (Lipinski definition) is 9. The number of nitrogens with zero attached hydrogens (tertiary/aromatic N) is 6. The zero-order valence-corrected chi connectivity index (χ0v) is 28.6. The molecule has 4 aliphatic rings. The summed E-state index contributed by atoms with van der Waals surface area (Å²) in [7, 11) is 0. The number of piperidine rings is 1. The van der Waals surface area contributed by atoms with Crippen LogP contribution in [0.2, 0.25) is 5.02 Å². The number of nitrogens with one attached hydrogen (secondary N) is 2. The molecule has 4 heterocycles. The molecule has 3 aliphatic heterocycles. The van der Waals surface area contributed by atoms with E-state index in [9.17, 15) is 27.6 Å². The van der Waals surface area contributed by atoms with Crippen molar-refractivity contribution < 1.29 is 32.3 Å². The highest BCUT2D eigenvalue weighted by Crippen LogP contribution is 2.48. The molecule has 3 saturated heterocycles. The lowest BCUT2D eigenvalue weighted by Crippen LogP contribution is -2.47. The Hall–Kier alpha value is -4.66. The number of ether oxygens (including phenoxy) is 1. The van der Waals surface area contributed by atoms with Crippen LogP contribution in [0.5, 0.6) is 6.01 Å². The van der Waals surface area contributed by atoms with Gasteiger partial charge in [-0.1, -0.05) is 23.7 Å². The topological polar surface area (TPSA) is 133 Å². The molecule has 1 saturated carbocycles. The monoisotopic (exact) mass is 726 g/mol. The molecule has 16 heteroatoms. The predicted molar refractivity (Wildman–Crippen MR) is 182 cm³/mol. The number of hydrogen-bond donors (Lipinski definition) is 2. The highest BCUT2D eigenvalue weighted by Gasteiger charge is 2.48. The third-order valence-corrected chi connectivity index (χ3v) is 10.4. The summed E-state index contributed by atoms with van der Waals surface area (Å²) < 4.78 is 43.8. The predicted octanol–water partition coefficient (Wildman–Crippen LogP) is 5.39. The second-order valence-electron chi connectivity index (χ2n) is 13.9. The van der Waals surface area contributed by atoms with Gasteiger partial charge in [0.2, 0.25) is 11.9 Å². The van der Waals surface area contributed by atoms with Crippen LogP contribution in [0.4, 0.5) is 30.8 Å². The van der Waals surface area contributed by atoms with Crippen LogP contribution in [-0.4, -0.2) is 99.4 Å². The molecule has 51 heavy (non-hydrogen) atoms. The van der Waals surface area contributed by atoms with E-state index in [1.807, 2.05) is 12.1 Å². The SMILES string of the molecule is O=C(C(=O)N1CCC2(CCN(C(=O)c3ccc(Nc4nc(NC5(c6ccc(Cl)cc6)CC5)nc(OCC(F)(F)F)n4)cc3)C2)C1)N1CCCCC1. The fourth-order valence-electron chi connectivity index (χ4n) is 7.20. The van der Waals surface area contributed by atoms with Gasteiger partial charge < -0.3 is 30.1 Å². The van der Waals surface area contributed by atoms with Crippen LogP contribution in [0.1, 0.15) is 60.9 Å². The molecule has 0 bridgehead atoms. The number of carbonyl (C=O) groups is 3. The van der Waals surface area contributed by atoms with Crippen molar-refractivity contribution in [2.45, 2.75) is 56.7 Å². The van der Waals surface area contributed by atoms with E-state index in [2.05, 4.69) is 25.6 Å². The molecule has 7 rings (SSSR count). The number of likely N-dealkylation sites (tertiary alicyclic amines) is 3. The van der Waals surface area contributed by atoms with Crippen molar-refractivity contribution in [3.63, 3.8) is 0 Å². The molecule has 270 valence electrons. The van der Waals surface area contributed by atoms with Crippen molar-refractivity contribution in [3.05, 3.63) is 64.7 Å². The summed E-state index contributed by atoms with van der Waals surface area (Å²) in [6.07, 6.45) is 1.30. The van der Waals surface area contributed by atoms with Crippen LogP contribution in [0.3, 0.4) is 0 Å². The fourth-order valence-corrected chi connectivity index (χ4v) is 7.32. The number of alkyl halides is 3. The number of amides is 3. The quantitative estimate of drug-likeness (QED) is 0.294. The molecule has 4 fully saturated rings. The largest absolute Gasteiger partial charge is 0.454 e. The first-order chi connectivity index (χ1) is 24.4. The molecular weight excluding hydrogens is 689 g/mol. The number of aromatic nitrogens is 3. The zero-order valence-electron chi connectivity index (χ0n) is 27.8. The molecule has 1 aliphatic carbocycles. The number of rotatable bonds is 8. The maximum Gasteiger partial charge on any atom is 0.422 e. The van der Waals surface area contributed by atoms with E-state index < -0.39 is 36.1 Å². The highest BCUT2D eigenvalue weighted by molar-refractivity contribution is 6.35. The summed E-state index contributed by atoms with van der Waals surface area (Å²) >= 11 is 6.05. The lowest BCUT2D eigenvalue weighted by Gasteiger charge is -2.29. The van der Waals surface area contributed by atoms with Crippen molar-refractivity contribution in [3.8, 4) is 6.01 Å². The summed E-state index contributed by atoms with van der Waals surface area (Å²) in [5, 5.41) is 6.80. The summed E-state index contributed by atoms with van der Waals surface area (Å²) in [6, 6.07) is 13.4. The minimum absolute atomic E-state index is 0.0370. The van der Waals surface area contributed by atoms with E-state index in [1.165, 1.54) is 0 Å². The second kappa shape index (κ2) is 13.8. The maximum absolute atomic E-state index is 13.5. The van der Waals surface area contributed by atoms with Crippen molar-refractivity contribution in [2.24, 2.45) is 5.41 Å². The Morgan fingerprint density at radius 3 is 2.06 bits per heavy atom. The van der Waals surface area contributed by atoms with Crippen LogP contribution < -0.4 is 15.4 Å². The molecule has 3 amide bonds. The molecule has 1 unspecified atom stereocenters. The minimum atomic E-state index is -4.59. The van der Waals surface area contributed by atoms with Crippen LogP contribution in [-0.2, 0) is 15.1 Å². The maximum atomic E-state index is 13.5. The third kappa shape index (κ3) is 7.97. The Bertz CT molecular complexity index is 1780. The van der Waals surface area contributed by atoms with E-state index in [-0.39, 0.29) is 23.2 Å². The van der Waals surface area contributed by atoms with E-state index in [1.54, 1.807) is 51.1 Å². The van der Waals surface area contributed by atoms with Crippen LogP contribution in [0, 0.1) is 5.41 Å². The van der Waals surface area contributed by atoms with Crippen molar-refractivity contribution in [1.29, 1.82) is 0 Å².